The Balaban J connectivity index is 2.80. The van der Waals surface area contributed by atoms with E-state index < -0.39 is 11.6 Å². The highest BCUT2D eigenvalue weighted by molar-refractivity contribution is 5.95. The lowest BCUT2D eigenvalue weighted by atomic mass is 10.0. The minimum Gasteiger partial charge on any atom is -0.396 e. The molecule has 0 aromatic heterocycles. The Hall–Kier alpha value is -1.75. The highest BCUT2D eigenvalue weighted by Gasteiger charge is 2.13. The zero-order valence-electron chi connectivity index (χ0n) is 11.8. The lowest BCUT2D eigenvalue weighted by Crippen LogP contribution is -2.37. The van der Waals surface area contributed by atoms with Gasteiger partial charge in [0.1, 0.15) is 11.6 Å². The van der Waals surface area contributed by atoms with Crippen molar-refractivity contribution in [2.75, 3.05) is 6.61 Å². The van der Waals surface area contributed by atoms with Crippen molar-refractivity contribution < 1.29 is 18.7 Å². The fourth-order valence-corrected chi connectivity index (χ4v) is 1.65. The van der Waals surface area contributed by atoms with Crippen molar-refractivity contribution in [3.05, 3.63) is 41.5 Å². The van der Waals surface area contributed by atoms with E-state index in [1.165, 1.54) is 12.1 Å². The molecule has 0 bridgehead atoms. The van der Waals surface area contributed by atoms with Gasteiger partial charge in [0.05, 0.1) is 0 Å². The van der Waals surface area contributed by atoms with Crippen molar-refractivity contribution in [3.8, 4) is 0 Å². The van der Waals surface area contributed by atoms with E-state index in [0.717, 1.165) is 12.1 Å². The average Bonchev–Trinajstić information content (AvgIpc) is 2.37. The zero-order valence-corrected chi connectivity index (χ0v) is 11.8. The van der Waals surface area contributed by atoms with E-state index in [0.29, 0.717) is 5.57 Å². The van der Waals surface area contributed by atoms with Gasteiger partial charge in [-0.15, -0.1) is 0 Å². The molecule has 2 unspecified atom stereocenters. The number of nitrogens with one attached hydrogen (secondary N) is 1. The number of allylic oxidation sites excluding steroid dienone is 1. The minimum atomic E-state index is -0.705. The van der Waals surface area contributed by atoms with Gasteiger partial charge in [-0.3, -0.25) is 4.79 Å². The molecule has 1 amide bonds. The Labute approximate surface area is 117 Å². The molecule has 0 aliphatic rings. The summed E-state index contributed by atoms with van der Waals surface area (Å²) in [4.78, 5) is 11.8. The van der Waals surface area contributed by atoms with Crippen molar-refractivity contribution >= 4 is 11.5 Å². The molecular formula is C15H19F2NO2. The SMILES string of the molecule is C/C(=C/C(=O)NC(C)C(C)CO)c1ccc(F)cc1F. The number of halogens is 2. The summed E-state index contributed by atoms with van der Waals surface area (Å²) < 4.78 is 26.4. The second-order valence-electron chi connectivity index (χ2n) is 4.91. The summed E-state index contributed by atoms with van der Waals surface area (Å²) in [5.74, 6) is -1.81. The molecule has 2 N–H and O–H groups in total. The van der Waals surface area contributed by atoms with Gasteiger partial charge < -0.3 is 10.4 Å². The summed E-state index contributed by atoms with van der Waals surface area (Å²) in [6.45, 7) is 5.13. The molecular weight excluding hydrogens is 264 g/mol. The van der Waals surface area contributed by atoms with Gasteiger partial charge in [0.2, 0.25) is 5.91 Å². The third-order valence-electron chi connectivity index (χ3n) is 3.22. The third kappa shape index (κ3) is 4.42. The predicted octanol–water partition coefficient (Wildman–Crippen LogP) is 2.50. The van der Waals surface area contributed by atoms with Gasteiger partial charge in [0.15, 0.2) is 0 Å². The fourth-order valence-electron chi connectivity index (χ4n) is 1.65. The third-order valence-corrected chi connectivity index (χ3v) is 3.22. The molecule has 0 saturated carbocycles. The molecule has 0 aliphatic heterocycles. The normalized spacial score (nSPS) is 14.8. The first-order valence-corrected chi connectivity index (χ1v) is 6.40. The number of aliphatic hydroxyl groups is 1. The van der Waals surface area contributed by atoms with Crippen molar-refractivity contribution in [3.63, 3.8) is 0 Å². The monoisotopic (exact) mass is 283 g/mol. The lowest BCUT2D eigenvalue weighted by Gasteiger charge is -2.18. The van der Waals surface area contributed by atoms with Crippen LogP contribution in [0.4, 0.5) is 8.78 Å². The van der Waals surface area contributed by atoms with Gasteiger partial charge in [-0.25, -0.2) is 8.78 Å². The van der Waals surface area contributed by atoms with E-state index in [4.69, 9.17) is 5.11 Å². The van der Waals surface area contributed by atoms with Crippen LogP contribution in [0.3, 0.4) is 0 Å². The van der Waals surface area contributed by atoms with E-state index in [9.17, 15) is 13.6 Å². The molecule has 5 heteroatoms. The largest absolute Gasteiger partial charge is 0.396 e. The van der Waals surface area contributed by atoms with Gasteiger partial charge in [-0.05, 0) is 37.5 Å². The Morgan fingerprint density at radius 2 is 2.05 bits per heavy atom. The van der Waals surface area contributed by atoms with E-state index in [1.807, 2.05) is 0 Å². The Kier molecular flexibility index (Phi) is 5.82. The lowest BCUT2D eigenvalue weighted by molar-refractivity contribution is -0.117. The smallest absolute Gasteiger partial charge is 0.244 e. The minimum absolute atomic E-state index is 0.0310. The van der Waals surface area contributed by atoms with Crippen LogP contribution in [0.2, 0.25) is 0 Å². The van der Waals surface area contributed by atoms with Crippen LogP contribution in [0.5, 0.6) is 0 Å². The molecule has 0 fully saturated rings. The van der Waals surface area contributed by atoms with Crippen LogP contribution >= 0.6 is 0 Å². The number of hydrogen-bond donors (Lipinski definition) is 2. The number of benzene rings is 1. The maximum absolute atomic E-state index is 13.6. The molecule has 1 aromatic rings. The quantitative estimate of drug-likeness (QED) is 0.816. The average molecular weight is 283 g/mol. The molecule has 0 aliphatic carbocycles. The van der Waals surface area contributed by atoms with Crippen molar-refractivity contribution in [1.29, 1.82) is 0 Å². The molecule has 110 valence electrons. The van der Waals surface area contributed by atoms with Crippen LogP contribution in [0, 0.1) is 17.6 Å². The van der Waals surface area contributed by atoms with Crippen LogP contribution in [-0.4, -0.2) is 23.7 Å². The molecule has 0 radical (unpaired) electrons. The van der Waals surface area contributed by atoms with E-state index in [2.05, 4.69) is 5.32 Å². The van der Waals surface area contributed by atoms with Gasteiger partial charge in [-0.2, -0.15) is 0 Å². The molecule has 20 heavy (non-hydrogen) atoms. The van der Waals surface area contributed by atoms with Crippen LogP contribution in [0.1, 0.15) is 26.3 Å². The number of aliphatic hydroxyl groups excluding tert-OH is 1. The topological polar surface area (TPSA) is 49.3 Å². The fraction of sp³-hybridized carbons (Fsp3) is 0.400. The first-order valence-electron chi connectivity index (χ1n) is 6.40. The van der Waals surface area contributed by atoms with Crippen molar-refractivity contribution in [2.24, 2.45) is 5.92 Å². The van der Waals surface area contributed by atoms with Crippen LogP contribution in [0.25, 0.3) is 5.57 Å². The summed E-state index contributed by atoms with van der Waals surface area (Å²) in [6.07, 6.45) is 1.26. The van der Waals surface area contributed by atoms with Crippen molar-refractivity contribution in [2.45, 2.75) is 26.8 Å². The summed E-state index contributed by atoms with van der Waals surface area (Å²) in [6, 6.07) is 3.02. The molecule has 0 saturated heterocycles. The second kappa shape index (κ2) is 7.14. The summed E-state index contributed by atoms with van der Waals surface area (Å²) in [7, 11) is 0. The molecule has 2 atom stereocenters. The van der Waals surface area contributed by atoms with Crippen LogP contribution in [-0.2, 0) is 4.79 Å². The number of carbonyl (C=O) groups excluding carboxylic acids is 1. The second-order valence-corrected chi connectivity index (χ2v) is 4.91. The van der Waals surface area contributed by atoms with E-state index in [-0.39, 0.29) is 30.0 Å². The first kappa shape index (κ1) is 16.3. The van der Waals surface area contributed by atoms with Gasteiger partial charge in [-0.1, -0.05) is 6.92 Å². The Morgan fingerprint density at radius 1 is 1.40 bits per heavy atom. The molecule has 3 nitrogen and oxygen atoms in total. The molecule has 1 rings (SSSR count). The number of amides is 1. The maximum Gasteiger partial charge on any atom is 0.244 e. The zero-order chi connectivity index (χ0) is 15.3. The van der Waals surface area contributed by atoms with Crippen molar-refractivity contribution in [1.82, 2.24) is 5.32 Å². The van der Waals surface area contributed by atoms with Crippen LogP contribution in [0.15, 0.2) is 24.3 Å². The van der Waals surface area contributed by atoms with Gasteiger partial charge in [0.25, 0.3) is 0 Å². The molecule has 1 aromatic carbocycles. The standard InChI is InChI=1S/C15H19F2NO2/c1-9(13-5-4-12(16)7-14(13)17)6-15(20)18-11(3)10(2)8-19/h4-7,10-11,19H,8H2,1-3H3,(H,18,20)/b9-6-. The predicted molar refractivity (Wildman–Crippen MR) is 73.9 cm³/mol. The highest BCUT2D eigenvalue weighted by atomic mass is 19.1. The van der Waals surface area contributed by atoms with Gasteiger partial charge >= 0.3 is 0 Å². The highest BCUT2D eigenvalue weighted by Crippen LogP contribution is 2.18. The van der Waals surface area contributed by atoms with E-state index >= 15 is 0 Å². The molecule has 0 spiro atoms. The van der Waals surface area contributed by atoms with Gasteiger partial charge in [0, 0.05) is 30.4 Å². The van der Waals surface area contributed by atoms with E-state index in [1.54, 1.807) is 20.8 Å². The number of rotatable bonds is 5. The Morgan fingerprint density at radius 3 is 2.60 bits per heavy atom. The summed E-state index contributed by atoms with van der Waals surface area (Å²) in [5, 5.41) is 11.7. The summed E-state index contributed by atoms with van der Waals surface area (Å²) in [5.41, 5.74) is 0.591. The number of carbonyl (C=O) groups is 1. The first-order chi connectivity index (χ1) is 9.35. The molecule has 0 heterocycles. The summed E-state index contributed by atoms with van der Waals surface area (Å²) >= 11 is 0. The Bertz CT molecular complexity index is 515. The number of hydrogen-bond acceptors (Lipinski definition) is 2. The van der Waals surface area contributed by atoms with Crippen LogP contribution < -0.4 is 5.32 Å². The maximum atomic E-state index is 13.6.